The van der Waals surface area contributed by atoms with Gasteiger partial charge in [0.25, 0.3) is 5.91 Å². The zero-order valence-electron chi connectivity index (χ0n) is 22.6. The number of rotatable bonds is 4. The average Bonchev–Trinajstić information content (AvgIpc) is 3.52. The topological polar surface area (TPSA) is 58.4 Å². The summed E-state index contributed by atoms with van der Waals surface area (Å²) in [5, 5.41) is 13.8. The first kappa shape index (κ1) is 24.3. The van der Waals surface area contributed by atoms with Crippen LogP contribution in [0.5, 0.6) is 0 Å². The minimum atomic E-state index is -1.10. The minimum absolute atomic E-state index is 0.227. The van der Waals surface area contributed by atoms with Crippen molar-refractivity contribution < 1.29 is 9.90 Å². The maximum atomic E-state index is 14.3. The van der Waals surface area contributed by atoms with Crippen molar-refractivity contribution >= 4 is 33.4 Å². The first-order valence-electron chi connectivity index (χ1n) is 13.9. The van der Waals surface area contributed by atoms with E-state index in [0.29, 0.717) is 16.8 Å². The van der Waals surface area contributed by atoms with Crippen LogP contribution in [0.15, 0.2) is 140 Å². The summed E-state index contributed by atoms with van der Waals surface area (Å²) in [5.74, 6) is -0.227. The van der Waals surface area contributed by atoms with Crippen molar-refractivity contribution in [1.29, 1.82) is 0 Å². The van der Waals surface area contributed by atoms with Crippen molar-refractivity contribution in [2.45, 2.75) is 6.23 Å². The first-order valence-corrected chi connectivity index (χ1v) is 13.9. The standard InChI is InChI=1S/C37H25N3O2/c41-36-31-13-7-15-33(35(31)37(42)39(36)28-11-6-10-26(22-28)24-8-2-1-3-9-24)40-32-14-5-4-12-29(32)30-17-16-27(23-34(30)40)25-18-20-38-21-19-25/h1-23,36,41H. The lowest BCUT2D eigenvalue weighted by molar-refractivity contribution is 0.0935. The van der Waals surface area contributed by atoms with Crippen LogP contribution in [0.4, 0.5) is 5.69 Å². The van der Waals surface area contributed by atoms with Crippen LogP contribution in [0.3, 0.4) is 0 Å². The Morgan fingerprint density at radius 2 is 1.29 bits per heavy atom. The molecule has 1 unspecified atom stereocenters. The molecule has 0 aliphatic carbocycles. The fraction of sp³-hybridized carbons (Fsp3) is 0.0270. The molecule has 0 bridgehead atoms. The van der Waals surface area contributed by atoms with Gasteiger partial charge in [-0.2, -0.15) is 0 Å². The molecule has 0 radical (unpaired) electrons. The van der Waals surface area contributed by atoms with Crippen molar-refractivity contribution in [2.24, 2.45) is 0 Å². The highest BCUT2D eigenvalue weighted by molar-refractivity contribution is 6.16. The van der Waals surface area contributed by atoms with E-state index in [9.17, 15) is 9.90 Å². The van der Waals surface area contributed by atoms with Crippen LogP contribution >= 0.6 is 0 Å². The Morgan fingerprint density at radius 3 is 2.14 bits per heavy atom. The van der Waals surface area contributed by atoms with Gasteiger partial charge in [-0.15, -0.1) is 0 Å². The van der Waals surface area contributed by atoms with Crippen LogP contribution in [-0.4, -0.2) is 20.6 Å². The summed E-state index contributed by atoms with van der Waals surface area (Å²) in [6.45, 7) is 0. The average molecular weight is 544 g/mol. The van der Waals surface area contributed by atoms with Gasteiger partial charge in [0.05, 0.1) is 22.3 Å². The van der Waals surface area contributed by atoms with E-state index in [2.05, 4.69) is 39.9 Å². The molecule has 200 valence electrons. The van der Waals surface area contributed by atoms with E-state index in [1.165, 1.54) is 4.90 Å². The molecule has 0 saturated carbocycles. The number of anilines is 1. The molecule has 3 heterocycles. The van der Waals surface area contributed by atoms with E-state index in [1.54, 1.807) is 12.4 Å². The molecule has 1 aliphatic heterocycles. The van der Waals surface area contributed by atoms with Crippen molar-refractivity contribution in [3.05, 3.63) is 151 Å². The van der Waals surface area contributed by atoms with Gasteiger partial charge in [-0.3, -0.25) is 14.7 Å². The lowest BCUT2D eigenvalue weighted by Crippen LogP contribution is -2.27. The number of carbonyl (C=O) groups is 1. The highest BCUT2D eigenvalue weighted by Crippen LogP contribution is 2.42. The highest BCUT2D eigenvalue weighted by atomic mass is 16.3. The second-order valence-electron chi connectivity index (χ2n) is 10.5. The van der Waals surface area contributed by atoms with E-state index in [4.69, 9.17) is 0 Å². The molecule has 5 aromatic carbocycles. The third-order valence-corrected chi connectivity index (χ3v) is 8.19. The van der Waals surface area contributed by atoms with Gasteiger partial charge in [-0.05, 0) is 64.7 Å². The monoisotopic (exact) mass is 543 g/mol. The summed E-state index contributed by atoms with van der Waals surface area (Å²) < 4.78 is 2.16. The summed E-state index contributed by atoms with van der Waals surface area (Å²) in [4.78, 5) is 19.9. The third kappa shape index (κ3) is 3.68. The van der Waals surface area contributed by atoms with Crippen LogP contribution in [0.25, 0.3) is 49.7 Å². The Hall–Kier alpha value is -5.52. The minimum Gasteiger partial charge on any atom is -0.369 e. The number of amides is 1. The number of hydrogen-bond acceptors (Lipinski definition) is 3. The van der Waals surface area contributed by atoms with Gasteiger partial charge < -0.3 is 9.67 Å². The second kappa shape index (κ2) is 9.54. The van der Waals surface area contributed by atoms with Crippen LogP contribution in [0, 0.1) is 0 Å². The Balaban J connectivity index is 1.32. The van der Waals surface area contributed by atoms with Gasteiger partial charge in [0.15, 0.2) is 6.23 Å². The van der Waals surface area contributed by atoms with E-state index < -0.39 is 6.23 Å². The van der Waals surface area contributed by atoms with Crippen LogP contribution in [0.2, 0.25) is 0 Å². The second-order valence-corrected chi connectivity index (χ2v) is 10.5. The smallest absolute Gasteiger partial charge is 0.263 e. The number of benzene rings is 5. The number of nitrogens with zero attached hydrogens (tertiary/aromatic N) is 3. The molecular formula is C37H25N3O2. The number of pyridine rings is 1. The van der Waals surface area contributed by atoms with Gasteiger partial charge in [-0.25, -0.2) is 0 Å². The predicted molar refractivity (Wildman–Crippen MR) is 168 cm³/mol. The van der Waals surface area contributed by atoms with Crippen LogP contribution in [0.1, 0.15) is 22.1 Å². The first-order chi connectivity index (χ1) is 20.7. The van der Waals surface area contributed by atoms with E-state index in [0.717, 1.165) is 49.7 Å². The molecule has 1 N–H and O–H groups in total. The van der Waals surface area contributed by atoms with E-state index in [-0.39, 0.29) is 5.91 Å². The van der Waals surface area contributed by atoms with E-state index >= 15 is 0 Å². The number of hydrogen-bond donors (Lipinski definition) is 1. The molecule has 5 nitrogen and oxygen atoms in total. The van der Waals surface area contributed by atoms with Crippen molar-refractivity contribution in [3.8, 4) is 27.9 Å². The fourth-order valence-corrected chi connectivity index (χ4v) is 6.24. The molecule has 1 atom stereocenters. The Kier molecular flexibility index (Phi) is 5.52. The molecule has 1 aliphatic rings. The molecule has 0 saturated heterocycles. The fourth-order valence-electron chi connectivity index (χ4n) is 6.24. The quantitative estimate of drug-likeness (QED) is 0.244. The summed E-state index contributed by atoms with van der Waals surface area (Å²) in [6.07, 6.45) is 2.49. The van der Waals surface area contributed by atoms with Gasteiger partial charge in [0.2, 0.25) is 0 Å². The zero-order valence-corrected chi connectivity index (χ0v) is 22.6. The van der Waals surface area contributed by atoms with Crippen LogP contribution in [-0.2, 0) is 0 Å². The maximum Gasteiger partial charge on any atom is 0.263 e. The Labute approximate surface area is 242 Å². The molecule has 8 rings (SSSR count). The van der Waals surface area contributed by atoms with E-state index in [1.807, 2.05) is 97.1 Å². The van der Waals surface area contributed by atoms with Crippen LogP contribution < -0.4 is 4.90 Å². The SMILES string of the molecule is O=C1c2c(cccc2-n2c3ccccc3c3ccc(-c4ccncc4)cc32)C(O)N1c1cccc(-c2ccccc2)c1. The summed E-state index contributed by atoms with van der Waals surface area (Å²) in [6, 6.07) is 42.2. The van der Waals surface area contributed by atoms with Gasteiger partial charge in [0.1, 0.15) is 0 Å². The number of aliphatic hydroxyl groups excluding tert-OH is 1. The van der Waals surface area contributed by atoms with Crippen molar-refractivity contribution in [2.75, 3.05) is 4.90 Å². The number of para-hydroxylation sites is 1. The highest BCUT2D eigenvalue weighted by Gasteiger charge is 2.39. The van der Waals surface area contributed by atoms with Gasteiger partial charge in [0, 0.05) is 34.4 Å². The number of aromatic nitrogens is 2. The number of fused-ring (bicyclic) bond motifs is 4. The lowest BCUT2D eigenvalue weighted by atomic mass is 10.0. The molecule has 5 heteroatoms. The number of aliphatic hydroxyl groups is 1. The molecular weight excluding hydrogens is 518 g/mol. The molecule has 42 heavy (non-hydrogen) atoms. The predicted octanol–water partition coefficient (Wildman–Crippen LogP) is 8.16. The molecule has 2 aromatic heterocycles. The molecule has 7 aromatic rings. The zero-order chi connectivity index (χ0) is 28.2. The van der Waals surface area contributed by atoms with Crippen molar-refractivity contribution in [1.82, 2.24) is 9.55 Å². The normalized spacial score (nSPS) is 14.5. The molecule has 1 amide bonds. The summed E-state index contributed by atoms with van der Waals surface area (Å²) in [5.41, 5.74) is 8.65. The third-order valence-electron chi connectivity index (χ3n) is 8.19. The summed E-state index contributed by atoms with van der Waals surface area (Å²) >= 11 is 0. The van der Waals surface area contributed by atoms with Gasteiger partial charge in [-0.1, -0.05) is 84.9 Å². The summed E-state index contributed by atoms with van der Waals surface area (Å²) in [7, 11) is 0. The Morgan fingerprint density at radius 1 is 0.595 bits per heavy atom. The van der Waals surface area contributed by atoms with Crippen molar-refractivity contribution in [3.63, 3.8) is 0 Å². The number of carbonyl (C=O) groups excluding carboxylic acids is 1. The maximum absolute atomic E-state index is 14.3. The Bertz CT molecular complexity index is 2130. The lowest BCUT2D eigenvalue weighted by Gasteiger charge is -2.21. The molecule has 0 spiro atoms. The molecule has 0 fully saturated rings. The van der Waals surface area contributed by atoms with Gasteiger partial charge >= 0.3 is 0 Å². The largest absolute Gasteiger partial charge is 0.369 e.